The van der Waals surface area contributed by atoms with E-state index in [0.29, 0.717) is 13.0 Å². The molecule has 1 fully saturated rings. The van der Waals surface area contributed by atoms with E-state index >= 15 is 0 Å². The van der Waals surface area contributed by atoms with Crippen molar-refractivity contribution in [1.29, 1.82) is 0 Å². The SMILES string of the molecule is Cc1csc(=O)n1CCCC(=O)N1CCCC1. The summed E-state index contributed by atoms with van der Waals surface area (Å²) in [6.07, 6.45) is 3.58. The Morgan fingerprint density at radius 1 is 1.41 bits per heavy atom. The fraction of sp³-hybridized carbons (Fsp3) is 0.667. The Labute approximate surface area is 105 Å². The van der Waals surface area contributed by atoms with E-state index < -0.39 is 0 Å². The number of hydrogen-bond donors (Lipinski definition) is 0. The lowest BCUT2D eigenvalue weighted by atomic mass is 10.2. The van der Waals surface area contributed by atoms with Crippen molar-refractivity contribution in [1.82, 2.24) is 9.47 Å². The molecule has 2 heterocycles. The van der Waals surface area contributed by atoms with Crippen LogP contribution in [0.15, 0.2) is 10.2 Å². The second-order valence-corrected chi connectivity index (χ2v) is 5.31. The summed E-state index contributed by atoms with van der Waals surface area (Å²) in [5, 5.41) is 1.87. The Morgan fingerprint density at radius 3 is 2.71 bits per heavy atom. The van der Waals surface area contributed by atoms with Gasteiger partial charge in [0.1, 0.15) is 0 Å². The van der Waals surface area contributed by atoms with Crippen LogP contribution in [0, 0.1) is 6.92 Å². The zero-order chi connectivity index (χ0) is 12.3. The average molecular weight is 254 g/mol. The lowest BCUT2D eigenvalue weighted by molar-refractivity contribution is -0.130. The van der Waals surface area contributed by atoms with Crippen LogP contribution < -0.4 is 4.87 Å². The third kappa shape index (κ3) is 2.97. The van der Waals surface area contributed by atoms with Crippen molar-refractivity contribution >= 4 is 17.2 Å². The van der Waals surface area contributed by atoms with E-state index in [1.807, 2.05) is 17.2 Å². The van der Waals surface area contributed by atoms with E-state index in [2.05, 4.69) is 0 Å². The molecule has 1 saturated heterocycles. The molecule has 0 aliphatic carbocycles. The number of likely N-dealkylation sites (tertiary alicyclic amines) is 1. The molecule has 0 N–H and O–H groups in total. The maximum atomic E-state index is 11.8. The van der Waals surface area contributed by atoms with Gasteiger partial charge in [0.05, 0.1) is 0 Å². The van der Waals surface area contributed by atoms with Gasteiger partial charge in [-0.05, 0) is 26.2 Å². The summed E-state index contributed by atoms with van der Waals surface area (Å²) >= 11 is 1.23. The van der Waals surface area contributed by atoms with E-state index in [0.717, 1.165) is 38.0 Å². The molecule has 4 nitrogen and oxygen atoms in total. The summed E-state index contributed by atoms with van der Waals surface area (Å²) in [5.41, 5.74) is 0.994. The molecule has 1 aliphatic rings. The number of hydrogen-bond acceptors (Lipinski definition) is 3. The van der Waals surface area contributed by atoms with E-state index in [9.17, 15) is 9.59 Å². The molecule has 17 heavy (non-hydrogen) atoms. The van der Waals surface area contributed by atoms with E-state index in [1.54, 1.807) is 4.57 Å². The van der Waals surface area contributed by atoms with E-state index in [1.165, 1.54) is 11.3 Å². The van der Waals surface area contributed by atoms with Crippen LogP contribution in [0.2, 0.25) is 0 Å². The Hall–Kier alpha value is -1.10. The quantitative estimate of drug-likeness (QED) is 0.819. The van der Waals surface area contributed by atoms with Crippen molar-refractivity contribution in [3.8, 4) is 0 Å². The summed E-state index contributed by atoms with van der Waals surface area (Å²) in [5.74, 6) is 0.239. The van der Waals surface area contributed by atoms with E-state index in [4.69, 9.17) is 0 Å². The average Bonchev–Trinajstić information content (AvgIpc) is 2.93. The zero-order valence-corrected chi connectivity index (χ0v) is 11.0. The highest BCUT2D eigenvalue weighted by molar-refractivity contribution is 7.07. The van der Waals surface area contributed by atoms with Gasteiger partial charge in [-0.15, -0.1) is 0 Å². The number of rotatable bonds is 4. The van der Waals surface area contributed by atoms with Gasteiger partial charge in [0.2, 0.25) is 5.91 Å². The van der Waals surface area contributed by atoms with Crippen LogP contribution in [0.25, 0.3) is 0 Å². The Bertz CT molecular complexity index is 444. The highest BCUT2D eigenvalue weighted by Gasteiger charge is 2.17. The molecule has 1 aromatic heterocycles. The van der Waals surface area contributed by atoms with Gasteiger partial charge in [0, 0.05) is 37.1 Å². The highest BCUT2D eigenvalue weighted by Crippen LogP contribution is 2.10. The Balaban J connectivity index is 1.79. The van der Waals surface area contributed by atoms with Crippen molar-refractivity contribution in [2.75, 3.05) is 13.1 Å². The normalized spacial score (nSPS) is 15.5. The van der Waals surface area contributed by atoms with Crippen LogP contribution in [0.4, 0.5) is 0 Å². The van der Waals surface area contributed by atoms with Crippen LogP contribution >= 0.6 is 11.3 Å². The van der Waals surface area contributed by atoms with Crippen LogP contribution in [-0.4, -0.2) is 28.5 Å². The molecular formula is C12H18N2O2S. The second-order valence-electron chi connectivity index (χ2n) is 4.49. The minimum Gasteiger partial charge on any atom is -0.343 e. The zero-order valence-electron chi connectivity index (χ0n) is 10.1. The first-order valence-corrected chi connectivity index (χ1v) is 6.99. The number of carbonyl (C=O) groups is 1. The molecule has 0 saturated carbocycles. The third-order valence-electron chi connectivity index (χ3n) is 3.21. The van der Waals surface area contributed by atoms with Gasteiger partial charge in [-0.25, -0.2) is 0 Å². The molecule has 1 aromatic rings. The number of aromatic nitrogens is 1. The van der Waals surface area contributed by atoms with Gasteiger partial charge >= 0.3 is 4.87 Å². The molecule has 0 spiro atoms. The molecule has 0 unspecified atom stereocenters. The summed E-state index contributed by atoms with van der Waals surface area (Å²) in [7, 11) is 0. The molecule has 0 bridgehead atoms. The van der Waals surface area contributed by atoms with Gasteiger partial charge in [0.15, 0.2) is 0 Å². The molecule has 1 aliphatic heterocycles. The van der Waals surface area contributed by atoms with Gasteiger partial charge in [-0.2, -0.15) is 0 Å². The standard InChI is InChI=1S/C12H18N2O2S/c1-10-9-17-12(16)14(10)8-4-5-11(15)13-6-2-3-7-13/h9H,2-8H2,1H3. The fourth-order valence-electron chi connectivity index (χ4n) is 2.19. The molecule has 0 radical (unpaired) electrons. The molecule has 2 rings (SSSR count). The number of carbonyl (C=O) groups excluding carboxylic acids is 1. The number of aryl methyl sites for hydroxylation is 1. The van der Waals surface area contributed by atoms with Crippen molar-refractivity contribution < 1.29 is 4.79 Å². The van der Waals surface area contributed by atoms with Crippen LogP contribution in [-0.2, 0) is 11.3 Å². The summed E-state index contributed by atoms with van der Waals surface area (Å²) in [6.45, 7) is 4.42. The molecule has 0 atom stereocenters. The van der Waals surface area contributed by atoms with Crippen LogP contribution in [0.5, 0.6) is 0 Å². The van der Waals surface area contributed by atoms with Crippen molar-refractivity contribution in [3.05, 3.63) is 20.7 Å². The first-order valence-electron chi connectivity index (χ1n) is 6.11. The smallest absolute Gasteiger partial charge is 0.307 e. The molecular weight excluding hydrogens is 236 g/mol. The minimum absolute atomic E-state index is 0.0797. The monoisotopic (exact) mass is 254 g/mol. The van der Waals surface area contributed by atoms with Crippen LogP contribution in [0.3, 0.4) is 0 Å². The van der Waals surface area contributed by atoms with Crippen molar-refractivity contribution in [2.45, 2.75) is 39.2 Å². The third-order valence-corrected chi connectivity index (χ3v) is 4.09. The predicted octanol–water partition coefficient (Wildman–Crippen LogP) is 1.62. The maximum Gasteiger partial charge on any atom is 0.307 e. The molecule has 94 valence electrons. The highest BCUT2D eigenvalue weighted by atomic mass is 32.1. The Kier molecular flexibility index (Phi) is 3.99. The van der Waals surface area contributed by atoms with E-state index in [-0.39, 0.29) is 10.8 Å². The van der Waals surface area contributed by atoms with Gasteiger partial charge in [0.25, 0.3) is 0 Å². The second kappa shape index (κ2) is 5.49. The number of thiazole rings is 1. The first-order chi connectivity index (χ1) is 8.18. The summed E-state index contributed by atoms with van der Waals surface area (Å²) in [4.78, 5) is 25.3. The molecule has 1 amide bonds. The minimum atomic E-state index is 0.0797. The molecule has 5 heteroatoms. The van der Waals surface area contributed by atoms with Gasteiger partial charge in [-0.1, -0.05) is 11.3 Å². The summed E-state index contributed by atoms with van der Waals surface area (Å²) in [6, 6.07) is 0. The lowest BCUT2D eigenvalue weighted by Crippen LogP contribution is -2.27. The maximum absolute atomic E-state index is 11.8. The fourth-order valence-corrected chi connectivity index (χ4v) is 2.95. The summed E-state index contributed by atoms with van der Waals surface area (Å²) < 4.78 is 1.75. The number of nitrogens with zero attached hydrogens (tertiary/aromatic N) is 2. The lowest BCUT2D eigenvalue weighted by Gasteiger charge is -2.15. The topological polar surface area (TPSA) is 42.3 Å². The van der Waals surface area contributed by atoms with Crippen molar-refractivity contribution in [2.24, 2.45) is 0 Å². The number of amides is 1. The largest absolute Gasteiger partial charge is 0.343 e. The molecule has 0 aromatic carbocycles. The van der Waals surface area contributed by atoms with Crippen molar-refractivity contribution in [3.63, 3.8) is 0 Å². The van der Waals surface area contributed by atoms with Crippen LogP contribution in [0.1, 0.15) is 31.4 Å². The first kappa shape index (κ1) is 12.4. The van der Waals surface area contributed by atoms with Gasteiger partial charge < -0.3 is 9.47 Å². The Morgan fingerprint density at radius 2 is 2.12 bits per heavy atom. The predicted molar refractivity (Wildman–Crippen MR) is 68.4 cm³/mol. The van der Waals surface area contributed by atoms with Gasteiger partial charge in [-0.3, -0.25) is 9.59 Å².